The van der Waals surface area contributed by atoms with Gasteiger partial charge in [0.15, 0.2) is 0 Å². The molecule has 1 aliphatic rings. The highest BCUT2D eigenvalue weighted by Crippen LogP contribution is 2.37. The van der Waals surface area contributed by atoms with Crippen LogP contribution in [0.25, 0.3) is 0 Å². The summed E-state index contributed by atoms with van der Waals surface area (Å²) in [7, 11) is -3.44. The summed E-state index contributed by atoms with van der Waals surface area (Å²) in [6.45, 7) is 4.71. The molecule has 23 heavy (non-hydrogen) atoms. The Morgan fingerprint density at radius 1 is 1.09 bits per heavy atom. The van der Waals surface area contributed by atoms with Crippen molar-refractivity contribution < 1.29 is 8.42 Å². The van der Waals surface area contributed by atoms with Crippen LogP contribution in [0.5, 0.6) is 0 Å². The summed E-state index contributed by atoms with van der Waals surface area (Å²) in [4.78, 5) is 0.398. The predicted octanol–water partition coefficient (Wildman–Crippen LogP) is 4.08. The van der Waals surface area contributed by atoms with Crippen molar-refractivity contribution >= 4 is 10.0 Å². The van der Waals surface area contributed by atoms with Gasteiger partial charge >= 0.3 is 0 Å². The summed E-state index contributed by atoms with van der Waals surface area (Å²) in [5.74, 6) is 0. The summed E-state index contributed by atoms with van der Waals surface area (Å²) in [5.41, 5.74) is 3.43. The normalized spacial score (nSPS) is 19.1. The summed E-state index contributed by atoms with van der Waals surface area (Å²) in [5, 5.41) is 0. The highest BCUT2D eigenvalue weighted by molar-refractivity contribution is 7.89. The van der Waals surface area contributed by atoms with Crippen LogP contribution in [0.15, 0.2) is 53.4 Å². The summed E-state index contributed by atoms with van der Waals surface area (Å²) in [6, 6.07) is 15.3. The zero-order valence-electron chi connectivity index (χ0n) is 13.7. The van der Waals surface area contributed by atoms with Crippen LogP contribution in [0.2, 0.25) is 0 Å². The smallest absolute Gasteiger partial charge is 0.207 e. The van der Waals surface area contributed by atoms with Crippen LogP contribution in [0.4, 0.5) is 0 Å². The Labute approximate surface area is 139 Å². The minimum atomic E-state index is -3.44. The first-order valence-corrected chi connectivity index (χ1v) is 9.64. The van der Waals surface area contributed by atoms with E-state index in [1.165, 1.54) is 0 Å². The monoisotopic (exact) mass is 329 g/mol. The molecule has 3 nitrogen and oxygen atoms in total. The van der Waals surface area contributed by atoms with Gasteiger partial charge in [0.2, 0.25) is 10.0 Å². The highest BCUT2D eigenvalue weighted by Gasteiger charge is 2.36. The first kappa shape index (κ1) is 16.2. The van der Waals surface area contributed by atoms with E-state index in [2.05, 4.69) is 19.9 Å². The predicted molar refractivity (Wildman–Crippen MR) is 92.9 cm³/mol. The fourth-order valence-electron chi connectivity index (χ4n) is 3.33. The molecule has 0 bridgehead atoms. The van der Waals surface area contributed by atoms with Gasteiger partial charge in [-0.25, -0.2) is 8.42 Å². The minimum absolute atomic E-state index is 0.0490. The third kappa shape index (κ3) is 3.06. The van der Waals surface area contributed by atoms with Gasteiger partial charge in [-0.1, -0.05) is 43.3 Å². The second-order valence-electron chi connectivity index (χ2n) is 6.13. The molecule has 0 N–H and O–H groups in total. The number of hydrogen-bond acceptors (Lipinski definition) is 2. The molecule has 4 heteroatoms. The maximum Gasteiger partial charge on any atom is 0.243 e. The Balaban J connectivity index is 1.96. The number of nitrogens with zero attached hydrogens (tertiary/aromatic N) is 1. The van der Waals surface area contributed by atoms with E-state index in [0.29, 0.717) is 11.4 Å². The van der Waals surface area contributed by atoms with Crippen LogP contribution in [-0.2, 0) is 16.4 Å². The molecule has 1 fully saturated rings. The number of rotatable bonds is 4. The molecule has 3 rings (SSSR count). The van der Waals surface area contributed by atoms with Crippen LogP contribution in [0.1, 0.15) is 42.5 Å². The van der Waals surface area contributed by atoms with E-state index >= 15 is 0 Å². The second kappa shape index (κ2) is 6.46. The lowest BCUT2D eigenvalue weighted by Crippen LogP contribution is -2.31. The number of sulfonamides is 1. The van der Waals surface area contributed by atoms with E-state index in [4.69, 9.17) is 0 Å². The SMILES string of the molecule is CCc1ccc(S(=O)(=O)N2CCC[C@H]2c2ccccc2C)cc1. The Hall–Kier alpha value is -1.65. The molecular formula is C19H23NO2S. The summed E-state index contributed by atoms with van der Waals surface area (Å²) >= 11 is 0. The Morgan fingerprint density at radius 2 is 1.78 bits per heavy atom. The molecule has 0 aliphatic carbocycles. The summed E-state index contributed by atoms with van der Waals surface area (Å²) in [6.07, 6.45) is 2.71. The molecule has 0 saturated carbocycles. The average molecular weight is 329 g/mol. The lowest BCUT2D eigenvalue weighted by Gasteiger charge is -2.25. The first-order valence-electron chi connectivity index (χ1n) is 8.20. The highest BCUT2D eigenvalue weighted by atomic mass is 32.2. The minimum Gasteiger partial charge on any atom is -0.207 e. The van der Waals surface area contributed by atoms with E-state index in [9.17, 15) is 8.42 Å². The van der Waals surface area contributed by atoms with E-state index in [0.717, 1.165) is 36.0 Å². The molecule has 122 valence electrons. The van der Waals surface area contributed by atoms with E-state index in [1.807, 2.05) is 30.3 Å². The van der Waals surface area contributed by atoms with Crippen LogP contribution < -0.4 is 0 Å². The van der Waals surface area contributed by atoms with E-state index < -0.39 is 10.0 Å². The molecule has 1 atom stereocenters. The van der Waals surface area contributed by atoms with Gasteiger partial charge in [0.1, 0.15) is 0 Å². The van der Waals surface area contributed by atoms with Gasteiger partial charge in [0.25, 0.3) is 0 Å². The van der Waals surface area contributed by atoms with Crippen molar-refractivity contribution in [3.63, 3.8) is 0 Å². The fraction of sp³-hybridized carbons (Fsp3) is 0.368. The zero-order chi connectivity index (χ0) is 16.4. The summed E-state index contributed by atoms with van der Waals surface area (Å²) < 4.78 is 27.8. The second-order valence-corrected chi connectivity index (χ2v) is 8.02. The van der Waals surface area contributed by atoms with E-state index in [-0.39, 0.29) is 6.04 Å². The fourth-order valence-corrected chi connectivity index (χ4v) is 5.01. The van der Waals surface area contributed by atoms with Gasteiger partial charge in [-0.05, 0) is 55.0 Å². The molecule has 0 aromatic heterocycles. The quantitative estimate of drug-likeness (QED) is 0.847. The molecule has 1 saturated heterocycles. The number of benzene rings is 2. The van der Waals surface area contributed by atoms with Crippen molar-refractivity contribution in [2.45, 2.75) is 44.0 Å². The third-order valence-corrected chi connectivity index (χ3v) is 6.61. The molecule has 2 aromatic carbocycles. The van der Waals surface area contributed by atoms with Gasteiger partial charge in [-0.15, -0.1) is 0 Å². The van der Waals surface area contributed by atoms with Crippen molar-refractivity contribution in [1.82, 2.24) is 4.31 Å². The van der Waals surface area contributed by atoms with Crippen LogP contribution in [-0.4, -0.2) is 19.3 Å². The van der Waals surface area contributed by atoms with Crippen molar-refractivity contribution in [1.29, 1.82) is 0 Å². The van der Waals surface area contributed by atoms with Crippen molar-refractivity contribution in [3.05, 3.63) is 65.2 Å². The van der Waals surface area contributed by atoms with Crippen LogP contribution >= 0.6 is 0 Å². The topological polar surface area (TPSA) is 37.4 Å². The third-order valence-electron chi connectivity index (χ3n) is 4.69. The lowest BCUT2D eigenvalue weighted by molar-refractivity contribution is 0.395. The largest absolute Gasteiger partial charge is 0.243 e. The molecule has 0 unspecified atom stereocenters. The molecule has 2 aromatic rings. The molecular weight excluding hydrogens is 306 g/mol. The van der Waals surface area contributed by atoms with Crippen molar-refractivity contribution in [2.75, 3.05) is 6.54 Å². The first-order chi connectivity index (χ1) is 11.0. The van der Waals surface area contributed by atoms with Gasteiger partial charge in [0, 0.05) is 6.54 Å². The van der Waals surface area contributed by atoms with E-state index in [1.54, 1.807) is 16.4 Å². The van der Waals surface area contributed by atoms with Crippen molar-refractivity contribution in [2.24, 2.45) is 0 Å². The Morgan fingerprint density at radius 3 is 2.43 bits per heavy atom. The number of aryl methyl sites for hydroxylation is 2. The van der Waals surface area contributed by atoms with Gasteiger partial charge in [-0.3, -0.25) is 0 Å². The number of hydrogen-bond donors (Lipinski definition) is 0. The molecule has 0 spiro atoms. The van der Waals surface area contributed by atoms with Crippen LogP contribution in [0, 0.1) is 6.92 Å². The van der Waals surface area contributed by atoms with Gasteiger partial charge in [-0.2, -0.15) is 4.31 Å². The zero-order valence-corrected chi connectivity index (χ0v) is 14.5. The van der Waals surface area contributed by atoms with Gasteiger partial charge in [0.05, 0.1) is 10.9 Å². The molecule has 0 radical (unpaired) electrons. The average Bonchev–Trinajstić information content (AvgIpc) is 3.05. The molecule has 0 amide bonds. The standard InChI is InChI=1S/C19H23NO2S/c1-3-16-10-12-17(13-11-16)23(21,22)20-14-6-9-19(20)18-8-5-4-7-15(18)2/h4-5,7-8,10-13,19H,3,6,9,14H2,1-2H3/t19-/m0/s1. The van der Waals surface area contributed by atoms with Crippen LogP contribution in [0.3, 0.4) is 0 Å². The van der Waals surface area contributed by atoms with Gasteiger partial charge < -0.3 is 0 Å². The Kier molecular flexibility index (Phi) is 4.55. The van der Waals surface area contributed by atoms with Crippen molar-refractivity contribution in [3.8, 4) is 0 Å². The maximum absolute atomic E-state index is 13.1. The molecule has 1 aliphatic heterocycles. The lowest BCUT2D eigenvalue weighted by atomic mass is 10.0. The Bertz CT molecular complexity index is 781. The maximum atomic E-state index is 13.1. The molecule has 1 heterocycles.